The quantitative estimate of drug-likeness (QED) is 0.870. The minimum Gasteiger partial charge on any atom is -0.208 e. The van der Waals surface area contributed by atoms with E-state index < -0.39 is 21.7 Å². The zero-order valence-corrected chi connectivity index (χ0v) is 11.3. The van der Waals surface area contributed by atoms with Crippen LogP contribution in [0.2, 0.25) is 0 Å². The molecule has 106 valence electrons. The molecule has 6 heteroatoms. The first-order chi connectivity index (χ1) is 8.99. The zero-order chi connectivity index (χ0) is 13.9. The molecule has 0 atom stereocenters. The molecule has 1 fully saturated rings. The van der Waals surface area contributed by atoms with Crippen LogP contribution in [0.5, 0.6) is 0 Å². The largest absolute Gasteiger partial charge is 0.240 e. The van der Waals surface area contributed by atoms with E-state index in [4.69, 9.17) is 0 Å². The number of hydrogen-bond acceptors (Lipinski definition) is 2. The molecule has 3 nitrogen and oxygen atoms in total. The first-order valence-electron chi connectivity index (χ1n) is 6.46. The normalized spacial score (nSPS) is 18.2. The van der Waals surface area contributed by atoms with Gasteiger partial charge in [-0.25, -0.2) is 21.9 Å². The van der Waals surface area contributed by atoms with Crippen LogP contribution in [0.3, 0.4) is 0 Å². The van der Waals surface area contributed by atoms with Gasteiger partial charge in [0.2, 0.25) is 10.0 Å². The Hall–Kier alpha value is -1.01. The van der Waals surface area contributed by atoms with Crippen LogP contribution in [0.15, 0.2) is 23.1 Å². The summed E-state index contributed by atoms with van der Waals surface area (Å²) in [6.45, 7) is 0. The highest BCUT2D eigenvalue weighted by atomic mass is 32.2. The molecular formula is C13H17F2NO2S. The molecule has 0 heterocycles. The van der Waals surface area contributed by atoms with E-state index in [2.05, 4.69) is 4.72 Å². The van der Waals surface area contributed by atoms with Crippen LogP contribution >= 0.6 is 0 Å². The van der Waals surface area contributed by atoms with E-state index >= 15 is 0 Å². The topological polar surface area (TPSA) is 46.2 Å². The molecule has 0 bridgehead atoms. The molecule has 0 saturated heterocycles. The summed E-state index contributed by atoms with van der Waals surface area (Å²) in [5.74, 6) is -2.20. The van der Waals surface area contributed by atoms with Crippen molar-refractivity contribution < 1.29 is 17.2 Å². The maximum absolute atomic E-state index is 13.1. The average Bonchev–Trinajstić information content (AvgIpc) is 2.60. The summed E-state index contributed by atoms with van der Waals surface area (Å²) in [7, 11) is -3.77. The summed E-state index contributed by atoms with van der Waals surface area (Å²) in [5.41, 5.74) is 0. The Kier molecular flexibility index (Phi) is 4.52. The third-order valence-corrected chi connectivity index (χ3v) is 4.90. The zero-order valence-electron chi connectivity index (χ0n) is 10.5. The van der Waals surface area contributed by atoms with Crippen molar-refractivity contribution in [3.8, 4) is 0 Å². The third-order valence-electron chi connectivity index (χ3n) is 3.38. The van der Waals surface area contributed by atoms with Crippen LogP contribution in [-0.4, -0.2) is 14.5 Å². The van der Waals surface area contributed by atoms with Crippen molar-refractivity contribution in [2.45, 2.75) is 49.5 Å². The summed E-state index contributed by atoms with van der Waals surface area (Å²) in [6.07, 6.45) is 5.80. The second-order valence-corrected chi connectivity index (χ2v) is 6.60. The molecule has 1 aromatic carbocycles. The molecule has 1 saturated carbocycles. The van der Waals surface area contributed by atoms with Gasteiger partial charge in [-0.15, -0.1) is 0 Å². The number of benzene rings is 1. The molecule has 19 heavy (non-hydrogen) atoms. The van der Waals surface area contributed by atoms with Gasteiger partial charge in [-0.3, -0.25) is 0 Å². The Balaban J connectivity index is 2.14. The highest BCUT2D eigenvalue weighted by molar-refractivity contribution is 7.89. The summed E-state index contributed by atoms with van der Waals surface area (Å²) in [5, 5.41) is 0. The van der Waals surface area contributed by atoms with Crippen molar-refractivity contribution in [3.05, 3.63) is 29.8 Å². The molecule has 0 amide bonds. The predicted molar refractivity (Wildman–Crippen MR) is 68.2 cm³/mol. The smallest absolute Gasteiger partial charge is 0.208 e. The van der Waals surface area contributed by atoms with E-state index in [0.717, 1.165) is 50.7 Å². The van der Waals surface area contributed by atoms with Crippen LogP contribution in [0, 0.1) is 11.6 Å². The van der Waals surface area contributed by atoms with E-state index in [-0.39, 0.29) is 10.9 Å². The lowest BCUT2D eigenvalue weighted by Gasteiger charge is -2.16. The highest BCUT2D eigenvalue weighted by Gasteiger charge is 2.22. The Morgan fingerprint density at radius 3 is 2.21 bits per heavy atom. The molecule has 0 radical (unpaired) electrons. The standard InChI is InChI=1S/C13H17F2NO2S/c14-12-8-7-11(9-13(12)15)19(17,18)16-10-5-3-1-2-4-6-10/h7-10,16H,1-6H2. The van der Waals surface area contributed by atoms with Gasteiger partial charge in [-0.05, 0) is 31.0 Å². The van der Waals surface area contributed by atoms with Crippen molar-refractivity contribution in [2.24, 2.45) is 0 Å². The van der Waals surface area contributed by atoms with E-state index in [1.54, 1.807) is 0 Å². The molecule has 1 N–H and O–H groups in total. The molecule has 2 rings (SSSR count). The monoisotopic (exact) mass is 289 g/mol. The number of sulfonamides is 1. The molecule has 0 unspecified atom stereocenters. The molecule has 1 aromatic rings. The van der Waals surface area contributed by atoms with Crippen molar-refractivity contribution >= 4 is 10.0 Å². The summed E-state index contributed by atoms with van der Waals surface area (Å²) < 4.78 is 52.6. The van der Waals surface area contributed by atoms with Gasteiger partial charge in [-0.2, -0.15) is 0 Å². The summed E-state index contributed by atoms with van der Waals surface area (Å²) in [4.78, 5) is -0.226. The van der Waals surface area contributed by atoms with E-state index in [0.29, 0.717) is 6.07 Å². The van der Waals surface area contributed by atoms with E-state index in [9.17, 15) is 17.2 Å². The van der Waals surface area contributed by atoms with Crippen LogP contribution < -0.4 is 4.72 Å². The molecule has 1 aliphatic rings. The van der Waals surface area contributed by atoms with Gasteiger partial charge in [-0.1, -0.05) is 25.7 Å². The van der Waals surface area contributed by atoms with E-state index in [1.165, 1.54) is 0 Å². The van der Waals surface area contributed by atoms with Crippen molar-refractivity contribution in [3.63, 3.8) is 0 Å². The average molecular weight is 289 g/mol. The van der Waals surface area contributed by atoms with Gasteiger partial charge in [0.05, 0.1) is 4.90 Å². The molecular weight excluding hydrogens is 272 g/mol. The molecule has 0 aliphatic heterocycles. The van der Waals surface area contributed by atoms with Gasteiger partial charge in [0.15, 0.2) is 11.6 Å². The van der Waals surface area contributed by atoms with Gasteiger partial charge >= 0.3 is 0 Å². The second-order valence-electron chi connectivity index (χ2n) is 4.89. The van der Waals surface area contributed by atoms with Crippen molar-refractivity contribution in [2.75, 3.05) is 0 Å². The fraction of sp³-hybridized carbons (Fsp3) is 0.538. The number of hydrogen-bond donors (Lipinski definition) is 1. The fourth-order valence-electron chi connectivity index (χ4n) is 2.33. The summed E-state index contributed by atoms with van der Waals surface area (Å²) >= 11 is 0. The Morgan fingerprint density at radius 2 is 1.63 bits per heavy atom. The van der Waals surface area contributed by atoms with Gasteiger partial charge < -0.3 is 0 Å². The SMILES string of the molecule is O=S(=O)(NC1CCCCCC1)c1ccc(F)c(F)c1. The Morgan fingerprint density at radius 1 is 1.00 bits per heavy atom. The van der Waals surface area contributed by atoms with Crippen molar-refractivity contribution in [1.82, 2.24) is 4.72 Å². The Labute approximate surface area is 112 Å². The first kappa shape index (κ1) is 14.4. The molecule has 0 aromatic heterocycles. The van der Waals surface area contributed by atoms with Crippen molar-refractivity contribution in [1.29, 1.82) is 0 Å². The maximum atomic E-state index is 13.1. The number of nitrogens with one attached hydrogen (secondary N) is 1. The fourth-order valence-corrected chi connectivity index (χ4v) is 3.65. The lowest BCUT2D eigenvalue weighted by atomic mass is 10.1. The minimum atomic E-state index is -3.77. The summed E-state index contributed by atoms with van der Waals surface area (Å²) in [6, 6.07) is 2.52. The van der Waals surface area contributed by atoms with Crippen LogP contribution in [0.4, 0.5) is 8.78 Å². The van der Waals surface area contributed by atoms with Crippen LogP contribution in [-0.2, 0) is 10.0 Å². The van der Waals surface area contributed by atoms with Crippen LogP contribution in [0.25, 0.3) is 0 Å². The van der Waals surface area contributed by atoms with E-state index in [1.807, 2.05) is 0 Å². The third kappa shape index (κ3) is 3.73. The number of halogens is 2. The Bertz CT molecular complexity index is 538. The predicted octanol–water partition coefficient (Wildman–Crippen LogP) is 2.97. The maximum Gasteiger partial charge on any atom is 0.240 e. The molecule has 1 aliphatic carbocycles. The second kappa shape index (κ2) is 5.96. The van der Waals surface area contributed by atoms with Crippen LogP contribution in [0.1, 0.15) is 38.5 Å². The lowest BCUT2D eigenvalue weighted by Crippen LogP contribution is -2.34. The number of rotatable bonds is 3. The van der Waals surface area contributed by atoms with Gasteiger partial charge in [0, 0.05) is 6.04 Å². The highest BCUT2D eigenvalue weighted by Crippen LogP contribution is 2.20. The lowest BCUT2D eigenvalue weighted by molar-refractivity contribution is 0.498. The minimum absolute atomic E-state index is 0.111. The van der Waals surface area contributed by atoms with Gasteiger partial charge in [0.1, 0.15) is 0 Å². The van der Waals surface area contributed by atoms with Gasteiger partial charge in [0.25, 0.3) is 0 Å². The molecule has 0 spiro atoms. The first-order valence-corrected chi connectivity index (χ1v) is 7.95.